The first-order valence-corrected chi connectivity index (χ1v) is 9.28. The van der Waals surface area contributed by atoms with Crippen LogP contribution in [0.25, 0.3) is 11.3 Å². The highest BCUT2D eigenvalue weighted by molar-refractivity contribution is 7.99. The maximum atomic E-state index is 13.0. The topological polar surface area (TPSA) is 64.2 Å². The van der Waals surface area contributed by atoms with Crippen molar-refractivity contribution in [3.63, 3.8) is 0 Å². The summed E-state index contributed by atoms with van der Waals surface area (Å²) in [6, 6.07) is 7.91. The van der Waals surface area contributed by atoms with E-state index in [9.17, 15) is 9.18 Å². The average Bonchev–Trinajstić information content (AvgIpc) is 3.34. The number of thioether (sulfide) groups is 1. The molecule has 1 amide bonds. The molecule has 1 saturated heterocycles. The molecular formula is C18H17FN4O2S. The van der Waals surface area contributed by atoms with Crippen LogP contribution in [-0.4, -0.2) is 32.6 Å². The highest BCUT2D eigenvalue weighted by Gasteiger charge is 2.33. The first kappa shape index (κ1) is 16.8. The van der Waals surface area contributed by atoms with Crippen LogP contribution in [0.2, 0.25) is 0 Å². The average molecular weight is 372 g/mol. The minimum atomic E-state index is -0.290. The van der Waals surface area contributed by atoms with E-state index in [1.54, 1.807) is 39.7 Å². The van der Waals surface area contributed by atoms with Crippen LogP contribution in [0.3, 0.4) is 0 Å². The van der Waals surface area contributed by atoms with E-state index in [0.717, 1.165) is 23.4 Å². The predicted octanol–water partition coefficient (Wildman–Crippen LogP) is 3.25. The maximum absolute atomic E-state index is 13.0. The molecule has 1 aliphatic rings. The van der Waals surface area contributed by atoms with Crippen molar-refractivity contribution in [2.75, 3.05) is 11.4 Å². The van der Waals surface area contributed by atoms with Crippen molar-refractivity contribution in [2.24, 2.45) is 7.05 Å². The Balaban J connectivity index is 1.37. The van der Waals surface area contributed by atoms with E-state index < -0.39 is 0 Å². The number of carbonyl (C=O) groups excluding carboxylic acids is 1. The van der Waals surface area contributed by atoms with Gasteiger partial charge in [-0.15, -0.1) is 11.8 Å². The lowest BCUT2D eigenvalue weighted by molar-refractivity contribution is -0.116. The van der Waals surface area contributed by atoms with E-state index in [0.29, 0.717) is 18.1 Å². The van der Waals surface area contributed by atoms with Gasteiger partial charge in [0.2, 0.25) is 5.91 Å². The SMILES string of the molecule is Cn1cc(N2CCC(SCc3cc(-c4ccc(F)cc4)on3)C2=O)cn1. The van der Waals surface area contributed by atoms with Crippen LogP contribution in [0.15, 0.2) is 47.2 Å². The summed E-state index contributed by atoms with van der Waals surface area (Å²) < 4.78 is 20.0. The number of nitrogens with zero attached hydrogens (tertiary/aromatic N) is 4. The molecule has 6 nitrogen and oxygen atoms in total. The number of benzene rings is 1. The van der Waals surface area contributed by atoms with Crippen molar-refractivity contribution < 1.29 is 13.7 Å². The minimum absolute atomic E-state index is 0.0961. The number of amides is 1. The third kappa shape index (κ3) is 3.37. The van der Waals surface area contributed by atoms with Gasteiger partial charge < -0.3 is 9.42 Å². The van der Waals surface area contributed by atoms with Gasteiger partial charge in [0.1, 0.15) is 5.82 Å². The van der Waals surface area contributed by atoms with Crippen LogP contribution in [0.4, 0.5) is 10.1 Å². The Morgan fingerprint density at radius 2 is 2.15 bits per heavy atom. The monoisotopic (exact) mass is 372 g/mol. The van der Waals surface area contributed by atoms with Crippen LogP contribution in [0.1, 0.15) is 12.1 Å². The van der Waals surface area contributed by atoms with Gasteiger partial charge in [-0.2, -0.15) is 5.10 Å². The summed E-state index contributed by atoms with van der Waals surface area (Å²) in [6.07, 6.45) is 4.34. The normalized spacial score (nSPS) is 17.2. The fourth-order valence-electron chi connectivity index (χ4n) is 2.93. The standard InChI is InChI=1S/C18H17FN4O2S/c1-22-10-15(9-20-22)23-7-6-17(18(23)24)26-11-14-8-16(25-21-14)12-2-4-13(19)5-3-12/h2-5,8-10,17H,6-7,11H2,1H3. The molecule has 0 aliphatic carbocycles. The predicted molar refractivity (Wildman–Crippen MR) is 97.2 cm³/mol. The summed E-state index contributed by atoms with van der Waals surface area (Å²) in [5.41, 5.74) is 2.37. The van der Waals surface area contributed by atoms with Crippen LogP contribution in [0, 0.1) is 5.82 Å². The summed E-state index contributed by atoms with van der Waals surface area (Å²) in [4.78, 5) is 14.4. The zero-order valence-corrected chi connectivity index (χ0v) is 14.9. The lowest BCUT2D eigenvalue weighted by Crippen LogP contribution is -2.27. The van der Waals surface area contributed by atoms with E-state index >= 15 is 0 Å². The Kier molecular flexibility index (Phi) is 4.50. The molecule has 1 atom stereocenters. The number of hydrogen-bond acceptors (Lipinski definition) is 5. The second-order valence-corrected chi connectivity index (χ2v) is 7.33. The molecule has 1 unspecified atom stereocenters. The first-order chi connectivity index (χ1) is 12.6. The smallest absolute Gasteiger partial charge is 0.240 e. The van der Waals surface area contributed by atoms with Crippen molar-refractivity contribution in [2.45, 2.75) is 17.4 Å². The van der Waals surface area contributed by atoms with Crippen molar-refractivity contribution in [3.8, 4) is 11.3 Å². The van der Waals surface area contributed by atoms with Gasteiger partial charge in [-0.1, -0.05) is 5.16 Å². The molecule has 0 saturated carbocycles. The molecule has 2 aromatic heterocycles. The largest absolute Gasteiger partial charge is 0.356 e. The van der Waals surface area contributed by atoms with Crippen LogP contribution < -0.4 is 4.90 Å². The van der Waals surface area contributed by atoms with E-state index in [1.165, 1.54) is 12.1 Å². The summed E-state index contributed by atoms with van der Waals surface area (Å²) in [5.74, 6) is 0.990. The van der Waals surface area contributed by atoms with Crippen molar-refractivity contribution >= 4 is 23.4 Å². The van der Waals surface area contributed by atoms with Gasteiger partial charge in [0.15, 0.2) is 5.76 Å². The van der Waals surface area contributed by atoms with Crippen molar-refractivity contribution in [1.82, 2.24) is 14.9 Å². The van der Waals surface area contributed by atoms with Gasteiger partial charge in [-0.3, -0.25) is 9.48 Å². The zero-order valence-electron chi connectivity index (χ0n) is 14.1. The van der Waals surface area contributed by atoms with E-state index in [-0.39, 0.29) is 17.0 Å². The number of carbonyl (C=O) groups is 1. The van der Waals surface area contributed by atoms with Gasteiger partial charge >= 0.3 is 0 Å². The summed E-state index contributed by atoms with van der Waals surface area (Å²) in [6.45, 7) is 0.696. The molecule has 3 aromatic rings. The molecule has 0 spiro atoms. The maximum Gasteiger partial charge on any atom is 0.240 e. The number of hydrogen-bond donors (Lipinski definition) is 0. The Morgan fingerprint density at radius 3 is 2.88 bits per heavy atom. The molecule has 1 aliphatic heterocycles. The molecule has 26 heavy (non-hydrogen) atoms. The second-order valence-electron chi connectivity index (χ2n) is 6.14. The minimum Gasteiger partial charge on any atom is -0.356 e. The molecule has 1 aromatic carbocycles. The Hall–Kier alpha value is -2.61. The summed E-state index contributed by atoms with van der Waals surface area (Å²) in [7, 11) is 1.83. The van der Waals surface area contributed by atoms with Gasteiger partial charge in [0.05, 0.1) is 22.8 Å². The molecule has 4 rings (SSSR count). The van der Waals surface area contributed by atoms with E-state index in [2.05, 4.69) is 10.3 Å². The van der Waals surface area contributed by atoms with Gasteiger partial charge in [0, 0.05) is 37.2 Å². The molecule has 134 valence electrons. The number of aryl methyl sites for hydroxylation is 1. The van der Waals surface area contributed by atoms with E-state index in [1.807, 2.05) is 19.3 Å². The summed E-state index contributed by atoms with van der Waals surface area (Å²) in [5, 5.41) is 8.08. The molecule has 1 fully saturated rings. The fraction of sp³-hybridized carbons (Fsp3) is 0.278. The number of rotatable bonds is 5. The quantitative estimate of drug-likeness (QED) is 0.688. The first-order valence-electron chi connectivity index (χ1n) is 8.23. The van der Waals surface area contributed by atoms with Crippen LogP contribution in [0.5, 0.6) is 0 Å². The Bertz CT molecular complexity index is 921. The molecule has 3 heterocycles. The Labute approximate surface area is 154 Å². The lowest BCUT2D eigenvalue weighted by Gasteiger charge is -2.13. The van der Waals surface area contributed by atoms with Crippen LogP contribution >= 0.6 is 11.8 Å². The number of aromatic nitrogens is 3. The molecular weight excluding hydrogens is 355 g/mol. The van der Waals surface area contributed by atoms with Crippen LogP contribution in [-0.2, 0) is 17.6 Å². The number of halogens is 1. The highest BCUT2D eigenvalue weighted by Crippen LogP contribution is 2.31. The zero-order chi connectivity index (χ0) is 18.1. The van der Waals surface area contributed by atoms with Gasteiger partial charge in [-0.05, 0) is 30.7 Å². The van der Waals surface area contributed by atoms with Crippen molar-refractivity contribution in [1.29, 1.82) is 0 Å². The van der Waals surface area contributed by atoms with Crippen molar-refractivity contribution in [3.05, 3.63) is 54.2 Å². The molecule has 0 radical (unpaired) electrons. The third-order valence-electron chi connectivity index (χ3n) is 4.28. The van der Waals surface area contributed by atoms with Gasteiger partial charge in [0.25, 0.3) is 0 Å². The summed E-state index contributed by atoms with van der Waals surface area (Å²) >= 11 is 1.56. The molecule has 0 bridgehead atoms. The molecule has 0 N–H and O–H groups in total. The molecule has 8 heteroatoms. The lowest BCUT2D eigenvalue weighted by atomic mass is 10.1. The number of anilines is 1. The van der Waals surface area contributed by atoms with E-state index in [4.69, 9.17) is 4.52 Å². The fourth-order valence-corrected chi connectivity index (χ4v) is 3.98. The second kappa shape index (κ2) is 6.95. The third-order valence-corrected chi connectivity index (χ3v) is 5.58. The Morgan fingerprint density at radius 1 is 1.35 bits per heavy atom. The highest BCUT2D eigenvalue weighted by atomic mass is 32.2. The van der Waals surface area contributed by atoms with Gasteiger partial charge in [-0.25, -0.2) is 4.39 Å².